The molecule has 0 aliphatic rings. The van der Waals surface area contributed by atoms with Crippen LogP contribution in [0.3, 0.4) is 0 Å². The number of ether oxygens (including phenoxy) is 1. The maximum Gasteiger partial charge on any atom is 0.372 e. The van der Waals surface area contributed by atoms with Gasteiger partial charge in [-0.05, 0) is 26.0 Å². The summed E-state index contributed by atoms with van der Waals surface area (Å²) in [6.45, 7) is 4.74. The zero-order valence-electron chi connectivity index (χ0n) is 11.0. The molecule has 1 N–H and O–H groups in total. The molecule has 1 aromatic heterocycles. The second kappa shape index (κ2) is 5.56. The number of rotatable bonds is 5. The van der Waals surface area contributed by atoms with Crippen LogP contribution in [0.15, 0.2) is 30.5 Å². The van der Waals surface area contributed by atoms with Gasteiger partial charge in [0.2, 0.25) is 5.82 Å². The lowest BCUT2D eigenvalue weighted by molar-refractivity contribution is 0.0677. The third-order valence-corrected chi connectivity index (χ3v) is 2.85. The second-order valence-electron chi connectivity index (χ2n) is 4.22. The van der Waals surface area contributed by atoms with Crippen LogP contribution in [-0.2, 0) is 13.2 Å². The van der Waals surface area contributed by atoms with Gasteiger partial charge >= 0.3 is 5.97 Å². The highest BCUT2D eigenvalue weighted by atomic mass is 16.5. The number of benzene rings is 1. The summed E-state index contributed by atoms with van der Waals surface area (Å²) in [4.78, 5) is 14.9. The lowest BCUT2D eigenvalue weighted by Crippen LogP contribution is -2.12. The average molecular weight is 260 g/mol. The van der Waals surface area contributed by atoms with E-state index in [-0.39, 0.29) is 5.82 Å². The third-order valence-electron chi connectivity index (χ3n) is 2.85. The van der Waals surface area contributed by atoms with Crippen LogP contribution in [0.4, 0.5) is 0 Å². The maximum atomic E-state index is 11.0. The van der Waals surface area contributed by atoms with Crippen LogP contribution in [0, 0.1) is 6.92 Å². The summed E-state index contributed by atoms with van der Waals surface area (Å²) in [5.74, 6) is -0.222. The number of carboxylic acids is 1. The first-order valence-electron chi connectivity index (χ1n) is 6.09. The molecule has 0 aliphatic carbocycles. The molecule has 5 nitrogen and oxygen atoms in total. The minimum absolute atomic E-state index is 0.0463. The molecule has 1 heterocycles. The third kappa shape index (κ3) is 2.93. The fourth-order valence-corrected chi connectivity index (χ4v) is 1.84. The summed E-state index contributed by atoms with van der Waals surface area (Å²) in [7, 11) is 0. The molecule has 0 saturated heterocycles. The molecule has 0 radical (unpaired) electrons. The maximum absolute atomic E-state index is 11.0. The van der Waals surface area contributed by atoms with Crippen LogP contribution < -0.4 is 4.74 Å². The number of nitrogens with zero attached hydrogens (tertiary/aromatic N) is 2. The Morgan fingerprint density at radius 2 is 2.05 bits per heavy atom. The van der Waals surface area contributed by atoms with Crippen molar-refractivity contribution in [1.29, 1.82) is 0 Å². The van der Waals surface area contributed by atoms with E-state index >= 15 is 0 Å². The van der Waals surface area contributed by atoms with Crippen LogP contribution in [0.5, 0.6) is 5.75 Å². The number of carbonyl (C=O) groups is 1. The van der Waals surface area contributed by atoms with E-state index in [1.165, 1.54) is 5.56 Å². The number of aryl methyl sites for hydroxylation is 1. The summed E-state index contributed by atoms with van der Waals surface area (Å²) in [5, 5.41) is 9.00. The van der Waals surface area contributed by atoms with Gasteiger partial charge in [0.05, 0.1) is 11.9 Å². The molecule has 0 amide bonds. The first-order valence-corrected chi connectivity index (χ1v) is 6.09. The van der Waals surface area contributed by atoms with Crippen molar-refractivity contribution in [1.82, 2.24) is 9.55 Å². The molecule has 0 saturated carbocycles. The van der Waals surface area contributed by atoms with E-state index in [1.54, 1.807) is 10.8 Å². The van der Waals surface area contributed by atoms with Crippen LogP contribution in [0.2, 0.25) is 0 Å². The summed E-state index contributed by atoms with van der Waals surface area (Å²) in [5.41, 5.74) is 1.92. The SMILES string of the molecule is CCn1c(COc2ccc(C)cc2)cnc1C(=O)O. The van der Waals surface area contributed by atoms with Crippen LogP contribution in [-0.4, -0.2) is 20.6 Å². The largest absolute Gasteiger partial charge is 0.487 e. The molecule has 1 aromatic carbocycles. The quantitative estimate of drug-likeness (QED) is 0.897. The van der Waals surface area contributed by atoms with Crippen molar-refractivity contribution >= 4 is 5.97 Å². The molecular formula is C14H16N2O3. The Hall–Kier alpha value is -2.30. The van der Waals surface area contributed by atoms with Gasteiger partial charge in [0.25, 0.3) is 0 Å². The summed E-state index contributed by atoms with van der Waals surface area (Å²) in [6, 6.07) is 7.71. The molecule has 0 fully saturated rings. The molecule has 0 bridgehead atoms. The van der Waals surface area contributed by atoms with E-state index in [0.717, 1.165) is 11.4 Å². The standard InChI is InChI=1S/C14H16N2O3/c1-3-16-11(8-15-13(16)14(17)18)9-19-12-6-4-10(2)5-7-12/h4-8H,3,9H2,1-2H3,(H,17,18). The van der Waals surface area contributed by atoms with E-state index < -0.39 is 5.97 Å². The number of aromatic carboxylic acids is 1. The van der Waals surface area contributed by atoms with Gasteiger partial charge in [0.15, 0.2) is 0 Å². The van der Waals surface area contributed by atoms with Gasteiger partial charge in [0, 0.05) is 6.54 Å². The van der Waals surface area contributed by atoms with E-state index in [0.29, 0.717) is 13.2 Å². The Kier molecular flexibility index (Phi) is 3.85. The van der Waals surface area contributed by atoms with Crippen molar-refractivity contribution in [3.8, 4) is 5.75 Å². The second-order valence-corrected chi connectivity index (χ2v) is 4.22. The lowest BCUT2D eigenvalue weighted by atomic mass is 10.2. The molecule has 19 heavy (non-hydrogen) atoms. The topological polar surface area (TPSA) is 64.4 Å². The highest BCUT2D eigenvalue weighted by molar-refractivity contribution is 5.83. The van der Waals surface area contributed by atoms with E-state index in [2.05, 4.69) is 4.98 Å². The fourth-order valence-electron chi connectivity index (χ4n) is 1.84. The van der Waals surface area contributed by atoms with Gasteiger partial charge in [-0.1, -0.05) is 17.7 Å². The molecular weight excluding hydrogens is 244 g/mol. The van der Waals surface area contributed by atoms with Gasteiger partial charge in [-0.25, -0.2) is 9.78 Å². The van der Waals surface area contributed by atoms with Crippen molar-refractivity contribution < 1.29 is 14.6 Å². The average Bonchev–Trinajstić information content (AvgIpc) is 2.81. The Labute approximate surface area is 111 Å². The zero-order valence-corrected chi connectivity index (χ0v) is 11.0. The highest BCUT2D eigenvalue weighted by Gasteiger charge is 2.14. The molecule has 0 atom stereocenters. The van der Waals surface area contributed by atoms with Crippen molar-refractivity contribution in [2.24, 2.45) is 0 Å². The van der Waals surface area contributed by atoms with Crippen molar-refractivity contribution in [2.45, 2.75) is 27.0 Å². The van der Waals surface area contributed by atoms with E-state index in [1.807, 2.05) is 38.1 Å². The van der Waals surface area contributed by atoms with Crippen LogP contribution in [0.1, 0.15) is 28.8 Å². The van der Waals surface area contributed by atoms with Gasteiger partial charge in [-0.15, -0.1) is 0 Å². The summed E-state index contributed by atoms with van der Waals surface area (Å²) >= 11 is 0. The molecule has 0 spiro atoms. The lowest BCUT2D eigenvalue weighted by Gasteiger charge is -2.09. The number of imidazole rings is 1. The van der Waals surface area contributed by atoms with E-state index in [9.17, 15) is 4.79 Å². The highest BCUT2D eigenvalue weighted by Crippen LogP contribution is 2.14. The Morgan fingerprint density at radius 3 is 2.63 bits per heavy atom. The first-order chi connectivity index (χ1) is 9.11. The van der Waals surface area contributed by atoms with Gasteiger partial charge in [-0.2, -0.15) is 0 Å². The predicted molar refractivity (Wildman–Crippen MR) is 70.4 cm³/mol. The fraction of sp³-hybridized carbons (Fsp3) is 0.286. The number of aromatic nitrogens is 2. The smallest absolute Gasteiger partial charge is 0.372 e. The van der Waals surface area contributed by atoms with Gasteiger partial charge in [-0.3, -0.25) is 0 Å². The van der Waals surface area contributed by atoms with Crippen LogP contribution >= 0.6 is 0 Å². The predicted octanol–water partition coefficient (Wildman–Crippen LogP) is 2.49. The molecule has 5 heteroatoms. The first kappa shape index (κ1) is 13.1. The normalized spacial score (nSPS) is 10.4. The van der Waals surface area contributed by atoms with Crippen molar-refractivity contribution in [2.75, 3.05) is 0 Å². The van der Waals surface area contributed by atoms with Gasteiger partial charge in [0.1, 0.15) is 12.4 Å². The monoisotopic (exact) mass is 260 g/mol. The van der Waals surface area contributed by atoms with E-state index in [4.69, 9.17) is 9.84 Å². The zero-order chi connectivity index (χ0) is 13.8. The van der Waals surface area contributed by atoms with Crippen molar-refractivity contribution in [3.63, 3.8) is 0 Å². The van der Waals surface area contributed by atoms with Crippen molar-refractivity contribution in [3.05, 3.63) is 47.5 Å². The number of hydrogen-bond acceptors (Lipinski definition) is 3. The Morgan fingerprint density at radius 1 is 1.37 bits per heavy atom. The molecule has 100 valence electrons. The van der Waals surface area contributed by atoms with Crippen LogP contribution in [0.25, 0.3) is 0 Å². The Bertz CT molecular complexity index is 573. The number of hydrogen-bond donors (Lipinski definition) is 1. The summed E-state index contributed by atoms with van der Waals surface area (Å²) in [6.07, 6.45) is 1.54. The molecule has 2 rings (SSSR count). The summed E-state index contributed by atoms with van der Waals surface area (Å²) < 4.78 is 7.26. The molecule has 2 aromatic rings. The minimum Gasteiger partial charge on any atom is -0.487 e. The van der Waals surface area contributed by atoms with Gasteiger partial charge < -0.3 is 14.4 Å². The minimum atomic E-state index is -1.02. The Balaban J connectivity index is 2.11. The molecule has 0 unspecified atom stereocenters. The number of carboxylic acid groups (broad SMARTS) is 1. The molecule has 0 aliphatic heterocycles.